The average molecular weight is 415 g/mol. The highest BCUT2D eigenvalue weighted by Gasteiger charge is 2.39. The standard InChI is InChI=1S/C17H22N2O6S2/c1-16(2,3)24-14(22)19(15(23)25-17(4,5)6)10-9(8-18)13(26-7)27-11(10)12(20)21/h1-7H3,(H,20,21). The summed E-state index contributed by atoms with van der Waals surface area (Å²) in [6.45, 7) is 9.60. The first kappa shape index (κ1) is 22.8. The molecule has 0 aliphatic rings. The second kappa shape index (κ2) is 8.19. The van der Waals surface area contributed by atoms with Crippen LogP contribution >= 0.6 is 23.1 Å². The summed E-state index contributed by atoms with van der Waals surface area (Å²) in [5.41, 5.74) is -2.35. The van der Waals surface area contributed by atoms with Gasteiger partial charge in [0.05, 0.1) is 4.21 Å². The fourth-order valence-corrected chi connectivity index (χ4v) is 3.61. The number of nitriles is 1. The number of carbonyl (C=O) groups excluding carboxylic acids is 2. The summed E-state index contributed by atoms with van der Waals surface area (Å²) in [6.07, 6.45) is -0.588. The first-order valence-corrected chi connectivity index (χ1v) is 9.86. The van der Waals surface area contributed by atoms with Crippen molar-refractivity contribution in [2.24, 2.45) is 0 Å². The molecule has 0 aliphatic heterocycles. The molecule has 1 aromatic heterocycles. The number of carboxylic acids is 1. The van der Waals surface area contributed by atoms with E-state index >= 15 is 0 Å². The number of anilines is 1. The summed E-state index contributed by atoms with van der Waals surface area (Å²) in [5.74, 6) is -1.37. The van der Waals surface area contributed by atoms with Crippen LogP contribution in [0.5, 0.6) is 0 Å². The van der Waals surface area contributed by atoms with E-state index in [0.29, 0.717) is 9.11 Å². The number of amides is 2. The van der Waals surface area contributed by atoms with E-state index in [9.17, 15) is 24.8 Å². The zero-order valence-corrected chi connectivity index (χ0v) is 17.8. The summed E-state index contributed by atoms with van der Waals surface area (Å²) in [7, 11) is 0. The summed E-state index contributed by atoms with van der Waals surface area (Å²) < 4.78 is 10.9. The van der Waals surface area contributed by atoms with E-state index in [1.807, 2.05) is 6.07 Å². The lowest BCUT2D eigenvalue weighted by molar-refractivity contribution is 0.0430. The molecular weight excluding hydrogens is 392 g/mol. The lowest BCUT2D eigenvalue weighted by atomic mass is 10.2. The third-order valence-corrected chi connectivity index (χ3v) is 5.00. The number of rotatable bonds is 3. The normalized spacial score (nSPS) is 11.5. The zero-order chi connectivity index (χ0) is 21.2. The minimum Gasteiger partial charge on any atom is -0.477 e. The Bertz CT molecular complexity index is 768. The van der Waals surface area contributed by atoms with E-state index in [0.717, 1.165) is 23.1 Å². The van der Waals surface area contributed by atoms with E-state index in [2.05, 4.69) is 0 Å². The highest BCUT2D eigenvalue weighted by molar-refractivity contribution is 8.00. The van der Waals surface area contributed by atoms with Crippen molar-refractivity contribution in [1.29, 1.82) is 5.26 Å². The molecule has 0 radical (unpaired) electrons. The van der Waals surface area contributed by atoms with Gasteiger partial charge in [0, 0.05) is 0 Å². The van der Waals surface area contributed by atoms with Gasteiger partial charge in [-0.2, -0.15) is 10.2 Å². The maximum atomic E-state index is 12.7. The van der Waals surface area contributed by atoms with Crippen molar-refractivity contribution in [3.8, 4) is 6.07 Å². The molecule has 0 saturated carbocycles. The molecule has 10 heteroatoms. The van der Waals surface area contributed by atoms with Gasteiger partial charge in [-0.1, -0.05) is 0 Å². The molecule has 2 amide bonds. The van der Waals surface area contributed by atoms with Gasteiger partial charge in [-0.3, -0.25) is 0 Å². The smallest absolute Gasteiger partial charge is 0.424 e. The van der Waals surface area contributed by atoms with Crippen molar-refractivity contribution < 1.29 is 29.0 Å². The Morgan fingerprint density at radius 2 is 1.52 bits per heavy atom. The van der Waals surface area contributed by atoms with E-state index in [-0.39, 0.29) is 16.1 Å². The van der Waals surface area contributed by atoms with Gasteiger partial charge in [0.2, 0.25) is 0 Å². The molecule has 148 valence electrons. The number of aromatic carboxylic acids is 1. The number of carboxylic acid groups (broad SMARTS) is 1. The van der Waals surface area contributed by atoms with Crippen LogP contribution in [0, 0.1) is 11.3 Å². The predicted octanol–water partition coefficient (Wildman–Crippen LogP) is 4.72. The summed E-state index contributed by atoms with van der Waals surface area (Å²) in [6, 6.07) is 1.88. The third-order valence-electron chi connectivity index (χ3n) is 2.72. The van der Waals surface area contributed by atoms with Crippen LogP contribution in [-0.4, -0.2) is 40.7 Å². The van der Waals surface area contributed by atoms with E-state index in [1.165, 1.54) is 0 Å². The van der Waals surface area contributed by atoms with Gasteiger partial charge < -0.3 is 14.6 Å². The van der Waals surface area contributed by atoms with Crippen LogP contribution in [0.25, 0.3) is 0 Å². The topological polar surface area (TPSA) is 117 Å². The second-order valence-electron chi connectivity index (χ2n) is 7.36. The highest BCUT2D eigenvalue weighted by Crippen LogP contribution is 2.41. The van der Waals surface area contributed by atoms with Crippen molar-refractivity contribution in [2.75, 3.05) is 11.2 Å². The molecule has 0 fully saturated rings. The highest BCUT2D eigenvalue weighted by atomic mass is 32.2. The molecule has 8 nitrogen and oxygen atoms in total. The van der Waals surface area contributed by atoms with Crippen molar-refractivity contribution in [3.63, 3.8) is 0 Å². The Balaban J connectivity index is 3.67. The van der Waals surface area contributed by atoms with Crippen LogP contribution < -0.4 is 4.90 Å². The Morgan fingerprint density at radius 3 is 1.81 bits per heavy atom. The Hall–Kier alpha value is -2.25. The van der Waals surface area contributed by atoms with Crippen LogP contribution in [-0.2, 0) is 9.47 Å². The Labute approximate surface area is 166 Å². The number of ether oxygens (including phenoxy) is 2. The molecule has 0 unspecified atom stereocenters. The average Bonchev–Trinajstić information content (AvgIpc) is 2.82. The number of carbonyl (C=O) groups is 3. The summed E-state index contributed by atoms with van der Waals surface area (Å²) in [5, 5.41) is 19.1. The van der Waals surface area contributed by atoms with Gasteiger partial charge in [0.25, 0.3) is 0 Å². The fraction of sp³-hybridized carbons (Fsp3) is 0.529. The fourth-order valence-electron chi connectivity index (χ4n) is 1.88. The van der Waals surface area contributed by atoms with Crippen LogP contribution in [0.3, 0.4) is 0 Å². The van der Waals surface area contributed by atoms with Gasteiger partial charge in [0.15, 0.2) is 0 Å². The minimum absolute atomic E-state index is 0.0957. The van der Waals surface area contributed by atoms with E-state index in [4.69, 9.17) is 9.47 Å². The van der Waals surface area contributed by atoms with Gasteiger partial charge >= 0.3 is 18.2 Å². The lowest BCUT2D eigenvalue weighted by Crippen LogP contribution is -2.44. The molecule has 0 bridgehead atoms. The molecule has 1 heterocycles. The number of thiophene rings is 1. The first-order chi connectivity index (χ1) is 12.2. The van der Waals surface area contributed by atoms with Crippen molar-refractivity contribution >= 4 is 46.9 Å². The first-order valence-electron chi connectivity index (χ1n) is 7.82. The van der Waals surface area contributed by atoms with Crippen molar-refractivity contribution in [3.05, 3.63) is 10.4 Å². The van der Waals surface area contributed by atoms with E-state index in [1.54, 1.807) is 47.8 Å². The number of imide groups is 1. The molecule has 1 aromatic rings. The number of hydrogen-bond donors (Lipinski definition) is 1. The van der Waals surface area contributed by atoms with Gasteiger partial charge in [-0.15, -0.1) is 23.1 Å². The third kappa shape index (κ3) is 5.87. The number of thioether (sulfide) groups is 1. The minimum atomic E-state index is -1.37. The van der Waals surface area contributed by atoms with Crippen LogP contribution in [0.2, 0.25) is 0 Å². The molecule has 0 atom stereocenters. The van der Waals surface area contributed by atoms with E-state index < -0.39 is 29.4 Å². The lowest BCUT2D eigenvalue weighted by Gasteiger charge is -2.28. The maximum absolute atomic E-state index is 12.7. The molecule has 0 saturated heterocycles. The number of hydrogen-bond acceptors (Lipinski definition) is 8. The molecule has 1 rings (SSSR count). The van der Waals surface area contributed by atoms with Gasteiger partial charge in [0.1, 0.15) is 33.4 Å². The second-order valence-corrected chi connectivity index (χ2v) is 9.45. The Kier molecular flexibility index (Phi) is 6.91. The summed E-state index contributed by atoms with van der Waals surface area (Å²) in [4.78, 5) is 37.3. The molecule has 1 N–H and O–H groups in total. The van der Waals surface area contributed by atoms with Crippen LogP contribution in [0.1, 0.15) is 56.8 Å². The largest absolute Gasteiger partial charge is 0.477 e. The molecule has 0 aliphatic carbocycles. The Morgan fingerprint density at radius 1 is 1.07 bits per heavy atom. The quantitative estimate of drug-likeness (QED) is 0.706. The molecule has 27 heavy (non-hydrogen) atoms. The number of nitrogens with zero attached hydrogens (tertiary/aromatic N) is 2. The van der Waals surface area contributed by atoms with Crippen molar-refractivity contribution in [1.82, 2.24) is 0 Å². The van der Waals surface area contributed by atoms with Crippen molar-refractivity contribution in [2.45, 2.75) is 57.0 Å². The van der Waals surface area contributed by atoms with Crippen LogP contribution in [0.4, 0.5) is 15.3 Å². The maximum Gasteiger partial charge on any atom is 0.424 e. The monoisotopic (exact) mass is 414 g/mol. The molecule has 0 spiro atoms. The predicted molar refractivity (Wildman–Crippen MR) is 103 cm³/mol. The molecule has 0 aromatic carbocycles. The van der Waals surface area contributed by atoms with Gasteiger partial charge in [-0.25, -0.2) is 14.4 Å². The SMILES string of the molecule is CSc1sc(C(=O)O)c(N(C(=O)OC(C)(C)C)C(=O)OC(C)(C)C)c1C#N. The molecular formula is C17H22N2O6S2. The van der Waals surface area contributed by atoms with Gasteiger partial charge in [-0.05, 0) is 47.8 Å². The zero-order valence-electron chi connectivity index (χ0n) is 16.2. The van der Waals surface area contributed by atoms with Crippen LogP contribution in [0.15, 0.2) is 4.21 Å². The summed E-state index contributed by atoms with van der Waals surface area (Å²) >= 11 is 1.94.